The van der Waals surface area contributed by atoms with Crippen molar-refractivity contribution in [2.24, 2.45) is 0 Å². The van der Waals surface area contributed by atoms with Gasteiger partial charge >= 0.3 is 12.4 Å². The van der Waals surface area contributed by atoms with Gasteiger partial charge in [-0.05, 0) is 36.4 Å². The zero-order chi connectivity index (χ0) is 29.2. The molecule has 8 nitrogen and oxygen atoms in total. The third kappa shape index (κ3) is 5.95. The third-order valence-corrected chi connectivity index (χ3v) is 5.85. The van der Waals surface area contributed by atoms with Gasteiger partial charge in [-0.2, -0.15) is 31.4 Å². The van der Waals surface area contributed by atoms with Gasteiger partial charge in [0.05, 0.1) is 34.4 Å². The maximum atomic E-state index is 14.8. The second kappa shape index (κ2) is 10.8. The van der Waals surface area contributed by atoms with Crippen molar-refractivity contribution in [2.45, 2.75) is 37.8 Å². The SMILES string of the molecule is C#C[C@H](CCCn1ccc2cc(-c3ncc(C(F)(F)F)cn3)c(F)cc2c1=O)Nc1cn[nH]c(=O)c1C(F)(F)F. The Hall–Kier alpha value is -4.74. The first-order valence-corrected chi connectivity index (χ1v) is 11.4. The highest BCUT2D eigenvalue weighted by atomic mass is 19.4. The van der Waals surface area contributed by atoms with E-state index >= 15 is 0 Å². The maximum Gasteiger partial charge on any atom is 0.423 e. The van der Waals surface area contributed by atoms with Crippen molar-refractivity contribution >= 4 is 16.5 Å². The van der Waals surface area contributed by atoms with Crippen LogP contribution in [0.25, 0.3) is 22.2 Å². The van der Waals surface area contributed by atoms with Gasteiger partial charge in [0.15, 0.2) is 5.82 Å². The molecule has 4 rings (SSSR count). The average molecular weight is 566 g/mol. The van der Waals surface area contributed by atoms with E-state index in [0.717, 1.165) is 12.3 Å². The van der Waals surface area contributed by atoms with Gasteiger partial charge in [0.2, 0.25) is 0 Å². The largest absolute Gasteiger partial charge is 0.423 e. The van der Waals surface area contributed by atoms with Crippen molar-refractivity contribution < 1.29 is 30.7 Å². The number of rotatable bonds is 7. The van der Waals surface area contributed by atoms with E-state index < -0.39 is 52.1 Å². The smallest absolute Gasteiger partial charge is 0.370 e. The van der Waals surface area contributed by atoms with Crippen molar-refractivity contribution in [3.05, 3.63) is 80.6 Å². The minimum absolute atomic E-state index is 0.0216. The van der Waals surface area contributed by atoms with Crippen LogP contribution < -0.4 is 16.4 Å². The molecule has 3 heterocycles. The van der Waals surface area contributed by atoms with E-state index in [0.29, 0.717) is 12.4 Å². The van der Waals surface area contributed by atoms with Crippen LogP contribution in [0.4, 0.5) is 36.4 Å². The first-order chi connectivity index (χ1) is 18.8. The molecule has 4 aromatic rings. The maximum absolute atomic E-state index is 14.8. The van der Waals surface area contributed by atoms with Crippen LogP contribution in [0, 0.1) is 18.2 Å². The van der Waals surface area contributed by atoms with Crippen LogP contribution in [0.3, 0.4) is 0 Å². The summed E-state index contributed by atoms with van der Waals surface area (Å²) in [5, 5.41) is 7.81. The van der Waals surface area contributed by atoms with E-state index in [1.807, 2.05) is 0 Å². The molecule has 0 aliphatic heterocycles. The lowest BCUT2D eigenvalue weighted by molar-refractivity contribution is -0.139. The first-order valence-electron chi connectivity index (χ1n) is 11.4. The number of anilines is 1. The molecule has 2 N–H and O–H groups in total. The van der Waals surface area contributed by atoms with E-state index in [2.05, 4.69) is 26.3 Å². The zero-order valence-corrected chi connectivity index (χ0v) is 20.1. The minimum atomic E-state index is -4.95. The highest BCUT2D eigenvalue weighted by molar-refractivity contribution is 5.86. The van der Waals surface area contributed by atoms with Crippen molar-refractivity contribution in [1.29, 1.82) is 0 Å². The molecular formula is C25H17F7N6O2. The number of hydrogen-bond acceptors (Lipinski definition) is 6. The topological polar surface area (TPSA) is 106 Å². The Morgan fingerprint density at radius 3 is 2.38 bits per heavy atom. The summed E-state index contributed by atoms with van der Waals surface area (Å²) < 4.78 is 94.1. The number of H-pyrrole nitrogens is 1. The summed E-state index contributed by atoms with van der Waals surface area (Å²) in [6, 6.07) is 2.71. The normalized spacial score (nSPS) is 12.8. The van der Waals surface area contributed by atoms with Crippen molar-refractivity contribution in [3.8, 4) is 23.7 Å². The molecule has 40 heavy (non-hydrogen) atoms. The number of halogens is 7. The lowest BCUT2D eigenvalue weighted by atomic mass is 10.1. The Bertz CT molecular complexity index is 1700. The van der Waals surface area contributed by atoms with Gasteiger partial charge in [-0.25, -0.2) is 19.5 Å². The van der Waals surface area contributed by atoms with Gasteiger partial charge in [0, 0.05) is 25.1 Å². The Balaban J connectivity index is 1.50. The molecular weight excluding hydrogens is 549 g/mol. The Labute approximate surface area is 219 Å². The molecule has 1 aromatic carbocycles. The van der Waals surface area contributed by atoms with Crippen LogP contribution in [-0.2, 0) is 18.9 Å². The summed E-state index contributed by atoms with van der Waals surface area (Å²) in [6.45, 7) is 0.0692. The summed E-state index contributed by atoms with van der Waals surface area (Å²) in [4.78, 5) is 31.7. The highest BCUT2D eigenvalue weighted by Crippen LogP contribution is 2.32. The number of nitrogens with one attached hydrogen (secondary N) is 2. The molecule has 208 valence electrons. The predicted molar refractivity (Wildman–Crippen MR) is 130 cm³/mol. The van der Waals surface area contributed by atoms with Gasteiger partial charge in [-0.3, -0.25) is 9.59 Å². The Morgan fingerprint density at radius 1 is 1.05 bits per heavy atom. The molecule has 0 fully saturated rings. The number of terminal acetylenes is 1. The molecule has 0 spiro atoms. The predicted octanol–water partition coefficient (Wildman–Crippen LogP) is 4.61. The second-order valence-corrected chi connectivity index (χ2v) is 8.52. The van der Waals surface area contributed by atoms with Gasteiger partial charge in [0.25, 0.3) is 11.1 Å². The summed E-state index contributed by atoms with van der Waals surface area (Å²) in [5.41, 5.74) is -5.39. The summed E-state index contributed by atoms with van der Waals surface area (Å²) in [5.74, 6) is 1.07. The van der Waals surface area contributed by atoms with Crippen LogP contribution in [0.15, 0.2) is 52.6 Å². The van der Waals surface area contributed by atoms with E-state index in [1.54, 1.807) is 5.10 Å². The number of pyridine rings is 1. The number of hydrogen-bond donors (Lipinski definition) is 2. The molecule has 1 atom stereocenters. The molecule has 0 saturated carbocycles. The molecule has 0 radical (unpaired) electrons. The van der Waals surface area contributed by atoms with Crippen LogP contribution >= 0.6 is 0 Å². The highest BCUT2D eigenvalue weighted by Gasteiger charge is 2.37. The van der Waals surface area contributed by atoms with Crippen LogP contribution in [0.2, 0.25) is 0 Å². The molecule has 0 aliphatic carbocycles. The van der Waals surface area contributed by atoms with Crippen molar-refractivity contribution in [3.63, 3.8) is 0 Å². The number of nitrogens with zero attached hydrogens (tertiary/aromatic N) is 4. The fourth-order valence-electron chi connectivity index (χ4n) is 3.91. The number of fused-ring (bicyclic) bond motifs is 1. The Morgan fingerprint density at radius 2 is 1.75 bits per heavy atom. The number of aryl methyl sites for hydroxylation is 1. The summed E-state index contributed by atoms with van der Waals surface area (Å²) in [7, 11) is 0. The number of aromatic nitrogens is 5. The monoisotopic (exact) mass is 566 g/mol. The number of aromatic amines is 1. The number of benzene rings is 1. The van der Waals surface area contributed by atoms with Crippen molar-refractivity contribution in [1.82, 2.24) is 24.7 Å². The van der Waals surface area contributed by atoms with Gasteiger partial charge in [-0.15, -0.1) is 6.42 Å². The van der Waals surface area contributed by atoms with Crippen LogP contribution in [0.5, 0.6) is 0 Å². The van der Waals surface area contributed by atoms with E-state index in [4.69, 9.17) is 6.42 Å². The zero-order valence-electron chi connectivity index (χ0n) is 20.1. The molecule has 0 bridgehead atoms. The first kappa shape index (κ1) is 28.3. The van der Waals surface area contributed by atoms with E-state index in [-0.39, 0.29) is 41.5 Å². The fourth-order valence-corrected chi connectivity index (χ4v) is 3.91. The van der Waals surface area contributed by atoms with E-state index in [9.17, 15) is 40.3 Å². The molecule has 15 heteroatoms. The molecule has 3 aromatic heterocycles. The standard InChI is InChI=1S/C25H17F7N6O2/c1-2-15(36-19-12-35-37-22(39)20(19)25(30,31)32)4-3-6-38-7-5-13-8-17(18(26)9-16(13)23(38)40)21-33-10-14(11-34-21)24(27,28)29/h1,5,7-12,15H,3-4,6H2,(H2,36,37,39)/t15-/m1/s1. The third-order valence-electron chi connectivity index (χ3n) is 5.85. The molecule has 0 amide bonds. The van der Waals surface area contributed by atoms with Crippen LogP contribution in [-0.4, -0.2) is 30.8 Å². The second-order valence-electron chi connectivity index (χ2n) is 8.52. The summed E-state index contributed by atoms with van der Waals surface area (Å²) >= 11 is 0. The molecule has 0 aliphatic rings. The van der Waals surface area contributed by atoms with Crippen molar-refractivity contribution in [2.75, 3.05) is 5.32 Å². The quantitative estimate of drug-likeness (QED) is 0.250. The molecule has 0 unspecified atom stereocenters. The Kier molecular flexibility index (Phi) is 7.63. The number of alkyl halides is 6. The lowest BCUT2D eigenvalue weighted by Gasteiger charge is -2.18. The average Bonchev–Trinajstić information content (AvgIpc) is 2.88. The summed E-state index contributed by atoms with van der Waals surface area (Å²) in [6.07, 6.45) is -0.618. The minimum Gasteiger partial charge on any atom is -0.370 e. The van der Waals surface area contributed by atoms with Gasteiger partial charge < -0.3 is 9.88 Å². The van der Waals surface area contributed by atoms with Crippen LogP contribution in [0.1, 0.15) is 24.0 Å². The lowest BCUT2D eigenvalue weighted by Crippen LogP contribution is -2.28. The fraction of sp³-hybridized carbons (Fsp3) is 0.240. The van der Waals surface area contributed by atoms with Gasteiger partial charge in [0.1, 0.15) is 11.4 Å². The van der Waals surface area contributed by atoms with Gasteiger partial charge in [-0.1, -0.05) is 5.92 Å². The van der Waals surface area contributed by atoms with E-state index in [1.165, 1.54) is 22.9 Å². The molecule has 0 saturated heterocycles.